The Morgan fingerprint density at radius 2 is 1.58 bits per heavy atom. The fraction of sp³-hybridized carbons (Fsp3) is 0.818. The first kappa shape index (κ1) is 22.5. The van der Waals surface area contributed by atoms with Gasteiger partial charge in [0, 0.05) is 0 Å². The second-order valence-electron chi connectivity index (χ2n) is 5.26. The minimum Gasteiger partial charge on any atom is -0.453 e. The van der Waals surface area contributed by atoms with Crippen LogP contribution < -0.4 is 0 Å². The minimum atomic E-state index is -6.53. The summed E-state index contributed by atoms with van der Waals surface area (Å²) in [5, 5.41) is -5.84. The van der Waals surface area contributed by atoms with Crippen molar-refractivity contribution in [1.29, 1.82) is 0 Å². The number of esters is 2. The molecule has 0 amide bonds. The lowest BCUT2D eigenvalue weighted by molar-refractivity contribution is -0.260. The summed E-state index contributed by atoms with van der Waals surface area (Å²) >= 11 is 0. The maximum absolute atomic E-state index is 13.2. The molecule has 0 bridgehead atoms. The standard InChI is InChI=1S/C11H15F5O7S/c1-4-9(2,3)8(18)22-5-6(17)23-7(10(12,13)14)11(15,16)24(19,20)21/h7H,4-5H2,1-3H3,(H,19,20,21). The summed E-state index contributed by atoms with van der Waals surface area (Å²) in [5.41, 5.74) is -1.10. The smallest absolute Gasteiger partial charge is 0.432 e. The number of hydrogen-bond donors (Lipinski definition) is 1. The van der Waals surface area contributed by atoms with Crippen molar-refractivity contribution < 1.29 is 54.0 Å². The molecule has 142 valence electrons. The first-order chi connectivity index (χ1) is 10.5. The van der Waals surface area contributed by atoms with Crippen molar-refractivity contribution in [2.45, 2.75) is 44.7 Å². The molecule has 0 aliphatic rings. The lowest BCUT2D eigenvalue weighted by Crippen LogP contribution is -2.52. The van der Waals surface area contributed by atoms with Crippen LogP contribution in [0, 0.1) is 5.41 Å². The number of rotatable bonds is 7. The third kappa shape index (κ3) is 5.54. The van der Waals surface area contributed by atoms with E-state index in [9.17, 15) is 40.0 Å². The van der Waals surface area contributed by atoms with E-state index < -0.39 is 51.6 Å². The molecule has 0 saturated heterocycles. The molecule has 0 spiro atoms. The Balaban J connectivity index is 5.16. The van der Waals surface area contributed by atoms with Gasteiger partial charge < -0.3 is 9.47 Å². The highest BCUT2D eigenvalue weighted by atomic mass is 32.2. The van der Waals surface area contributed by atoms with Gasteiger partial charge >= 0.3 is 33.5 Å². The molecule has 0 heterocycles. The molecule has 7 nitrogen and oxygen atoms in total. The normalized spacial score (nSPS) is 14.9. The number of carbonyl (C=O) groups is 2. The molecule has 0 aromatic carbocycles. The average molecular weight is 386 g/mol. The van der Waals surface area contributed by atoms with E-state index in [4.69, 9.17) is 4.55 Å². The van der Waals surface area contributed by atoms with E-state index in [1.54, 1.807) is 6.92 Å². The lowest BCUT2D eigenvalue weighted by Gasteiger charge is -2.26. The van der Waals surface area contributed by atoms with Gasteiger partial charge in [-0.3, -0.25) is 9.35 Å². The number of hydrogen-bond acceptors (Lipinski definition) is 6. The molecule has 13 heteroatoms. The Labute approximate surface area is 133 Å². The largest absolute Gasteiger partial charge is 0.453 e. The second-order valence-corrected chi connectivity index (χ2v) is 6.76. The molecule has 0 rings (SSSR count). The van der Waals surface area contributed by atoms with E-state index in [0.717, 1.165) is 0 Å². The first-order valence-corrected chi connectivity index (χ1v) is 7.69. The highest BCUT2D eigenvalue weighted by Gasteiger charge is 2.66. The van der Waals surface area contributed by atoms with Gasteiger partial charge in [0.1, 0.15) is 0 Å². The summed E-state index contributed by atoms with van der Waals surface area (Å²) in [4.78, 5) is 22.7. The van der Waals surface area contributed by atoms with Crippen LogP contribution in [-0.4, -0.2) is 49.1 Å². The van der Waals surface area contributed by atoms with Gasteiger partial charge in [0.25, 0.3) is 6.10 Å². The van der Waals surface area contributed by atoms with Crippen LogP contribution in [0.1, 0.15) is 27.2 Å². The van der Waals surface area contributed by atoms with Crippen LogP contribution in [0.5, 0.6) is 0 Å². The summed E-state index contributed by atoms with van der Waals surface area (Å²) in [7, 11) is -6.53. The number of ether oxygens (including phenoxy) is 2. The van der Waals surface area contributed by atoms with Crippen molar-refractivity contribution in [3.05, 3.63) is 0 Å². The van der Waals surface area contributed by atoms with Crippen molar-refractivity contribution in [2.24, 2.45) is 5.41 Å². The monoisotopic (exact) mass is 386 g/mol. The zero-order chi connectivity index (χ0) is 19.6. The summed E-state index contributed by atoms with van der Waals surface area (Å²) in [6, 6.07) is 0. The van der Waals surface area contributed by atoms with Crippen LogP contribution in [0.4, 0.5) is 22.0 Å². The van der Waals surface area contributed by atoms with Gasteiger partial charge in [0.15, 0.2) is 6.61 Å². The quantitative estimate of drug-likeness (QED) is 0.405. The average Bonchev–Trinajstić information content (AvgIpc) is 2.39. The second kappa shape index (κ2) is 7.17. The van der Waals surface area contributed by atoms with E-state index in [1.165, 1.54) is 13.8 Å². The molecule has 1 unspecified atom stereocenters. The van der Waals surface area contributed by atoms with Crippen molar-refractivity contribution in [3.63, 3.8) is 0 Å². The Bertz CT molecular complexity index is 582. The van der Waals surface area contributed by atoms with Crippen molar-refractivity contribution in [1.82, 2.24) is 0 Å². The zero-order valence-corrected chi connectivity index (χ0v) is 13.5. The van der Waals surface area contributed by atoms with Gasteiger partial charge in [-0.15, -0.1) is 0 Å². The highest BCUT2D eigenvalue weighted by Crippen LogP contribution is 2.38. The number of halogens is 5. The van der Waals surface area contributed by atoms with Crippen molar-refractivity contribution in [2.75, 3.05) is 6.61 Å². The molecule has 0 aliphatic heterocycles. The fourth-order valence-corrected chi connectivity index (χ4v) is 1.54. The highest BCUT2D eigenvalue weighted by molar-refractivity contribution is 7.86. The third-order valence-electron chi connectivity index (χ3n) is 2.95. The maximum Gasteiger partial charge on any atom is 0.432 e. The molecular weight excluding hydrogens is 371 g/mol. The predicted octanol–water partition coefficient (Wildman–Crippen LogP) is 1.92. The summed E-state index contributed by atoms with van der Waals surface area (Å²) in [5.74, 6) is -3.08. The van der Waals surface area contributed by atoms with Crippen LogP contribution in [-0.2, 0) is 29.2 Å². The van der Waals surface area contributed by atoms with Gasteiger partial charge in [-0.25, -0.2) is 4.79 Å². The van der Waals surface area contributed by atoms with Crippen LogP contribution >= 0.6 is 0 Å². The van der Waals surface area contributed by atoms with Crippen LogP contribution in [0.3, 0.4) is 0 Å². The topological polar surface area (TPSA) is 107 Å². The molecule has 0 radical (unpaired) electrons. The van der Waals surface area contributed by atoms with Crippen LogP contribution in [0.2, 0.25) is 0 Å². The Hall–Kier alpha value is -1.50. The Morgan fingerprint density at radius 1 is 1.12 bits per heavy atom. The molecule has 0 saturated carbocycles. The minimum absolute atomic E-state index is 0.243. The maximum atomic E-state index is 13.2. The Morgan fingerprint density at radius 3 is 1.92 bits per heavy atom. The first-order valence-electron chi connectivity index (χ1n) is 6.25. The molecule has 0 aromatic heterocycles. The van der Waals surface area contributed by atoms with Crippen molar-refractivity contribution >= 4 is 22.1 Å². The molecule has 0 aliphatic carbocycles. The van der Waals surface area contributed by atoms with Gasteiger partial charge in [-0.05, 0) is 20.3 Å². The van der Waals surface area contributed by atoms with Crippen molar-refractivity contribution in [3.8, 4) is 0 Å². The van der Waals surface area contributed by atoms with Crippen LogP contribution in [0.15, 0.2) is 0 Å². The number of carbonyl (C=O) groups excluding carboxylic acids is 2. The van der Waals surface area contributed by atoms with Gasteiger partial charge in [0.2, 0.25) is 0 Å². The third-order valence-corrected chi connectivity index (χ3v) is 3.86. The molecular formula is C11H15F5O7S. The fourth-order valence-electron chi connectivity index (χ4n) is 1.09. The molecule has 24 heavy (non-hydrogen) atoms. The SMILES string of the molecule is CCC(C)(C)C(=O)OCC(=O)OC(C(F)(F)F)C(F)(F)S(=O)(=O)O. The summed E-state index contributed by atoms with van der Waals surface area (Å²) < 4.78 is 101. The lowest BCUT2D eigenvalue weighted by atomic mass is 9.91. The van der Waals surface area contributed by atoms with E-state index in [2.05, 4.69) is 9.47 Å². The predicted molar refractivity (Wildman–Crippen MR) is 67.5 cm³/mol. The molecule has 0 aromatic rings. The molecule has 0 fully saturated rings. The van der Waals surface area contributed by atoms with E-state index in [-0.39, 0.29) is 6.42 Å². The number of alkyl halides is 5. The van der Waals surface area contributed by atoms with E-state index in [1.807, 2.05) is 0 Å². The summed E-state index contributed by atoms with van der Waals surface area (Å²) in [6.45, 7) is 2.92. The van der Waals surface area contributed by atoms with E-state index >= 15 is 0 Å². The van der Waals surface area contributed by atoms with Gasteiger partial charge in [-0.2, -0.15) is 30.4 Å². The Kier molecular flexibility index (Phi) is 6.72. The molecule has 1 N–H and O–H groups in total. The van der Waals surface area contributed by atoms with Gasteiger partial charge in [-0.1, -0.05) is 6.92 Å². The van der Waals surface area contributed by atoms with E-state index in [0.29, 0.717) is 0 Å². The summed E-state index contributed by atoms with van der Waals surface area (Å²) in [6.07, 6.45) is -10.2. The van der Waals surface area contributed by atoms with Gasteiger partial charge in [0.05, 0.1) is 5.41 Å². The van der Waals surface area contributed by atoms with Crippen LogP contribution in [0.25, 0.3) is 0 Å². The molecule has 1 atom stereocenters. The zero-order valence-electron chi connectivity index (χ0n) is 12.7.